The highest BCUT2D eigenvalue weighted by atomic mass is 16.2. The molecule has 1 saturated carbocycles. The fraction of sp³-hybridized carbons (Fsp3) is 0.400. The molecule has 0 radical (unpaired) electrons. The molecule has 0 unspecified atom stereocenters. The second kappa shape index (κ2) is 8.57. The Hall–Kier alpha value is -3.34. The molecular weight excluding hydrogens is 358 g/mol. The van der Waals surface area contributed by atoms with Crippen molar-refractivity contribution < 1.29 is 4.79 Å². The zero-order chi connectivity index (χ0) is 20.1. The molecule has 1 aliphatic carbocycles. The van der Waals surface area contributed by atoms with E-state index in [4.69, 9.17) is 5.26 Å². The van der Waals surface area contributed by atoms with Gasteiger partial charge in [0.1, 0.15) is 18.2 Å². The smallest absolute Gasteiger partial charge is 0.331 e. The number of nitrogens with zero attached hydrogens (tertiary/aromatic N) is 4. The molecule has 0 bridgehead atoms. The maximum Gasteiger partial charge on any atom is 0.331 e. The van der Waals surface area contributed by atoms with Gasteiger partial charge in [-0.3, -0.25) is 14.2 Å². The monoisotopic (exact) mass is 381 g/mol. The Morgan fingerprint density at radius 3 is 2.64 bits per heavy atom. The van der Waals surface area contributed by atoms with E-state index in [9.17, 15) is 14.4 Å². The van der Waals surface area contributed by atoms with E-state index in [0.717, 1.165) is 36.1 Å². The number of nitrogens with one attached hydrogen (secondary N) is 1. The van der Waals surface area contributed by atoms with Gasteiger partial charge in [0.25, 0.3) is 5.56 Å². The molecule has 8 heteroatoms. The average Bonchev–Trinajstić information content (AvgIpc) is 3.54. The number of carbonyl (C=O) groups is 1. The first kappa shape index (κ1) is 19.4. The number of carbonyl (C=O) groups excluding carboxylic acids is 1. The summed E-state index contributed by atoms with van der Waals surface area (Å²) in [6, 6.07) is 11.7. The molecule has 1 aromatic heterocycles. The van der Waals surface area contributed by atoms with Crippen LogP contribution < -0.4 is 21.5 Å². The van der Waals surface area contributed by atoms with Crippen LogP contribution in [0, 0.1) is 11.3 Å². The molecule has 0 saturated heterocycles. The quantitative estimate of drug-likeness (QED) is 0.684. The molecule has 1 fully saturated rings. The molecule has 8 nitrogen and oxygen atoms in total. The van der Waals surface area contributed by atoms with Gasteiger partial charge in [-0.25, -0.2) is 9.36 Å². The number of para-hydroxylation sites is 1. The number of nitriles is 1. The Morgan fingerprint density at radius 1 is 1.29 bits per heavy atom. The summed E-state index contributed by atoms with van der Waals surface area (Å²) in [4.78, 5) is 39.0. The molecule has 1 amide bonds. The molecule has 0 aliphatic heterocycles. The largest absolute Gasteiger partial charge is 0.375 e. The summed E-state index contributed by atoms with van der Waals surface area (Å²) in [7, 11) is 1.98. The molecule has 1 heterocycles. The van der Waals surface area contributed by atoms with Crippen LogP contribution in [0.5, 0.6) is 0 Å². The Morgan fingerprint density at radius 2 is 2.00 bits per heavy atom. The van der Waals surface area contributed by atoms with Gasteiger partial charge < -0.3 is 10.2 Å². The van der Waals surface area contributed by atoms with Crippen molar-refractivity contribution in [3.63, 3.8) is 0 Å². The maximum atomic E-state index is 12.5. The number of amides is 1. The number of aromatic nitrogens is 2. The highest BCUT2D eigenvalue weighted by molar-refractivity contribution is 5.75. The lowest BCUT2D eigenvalue weighted by molar-refractivity contribution is -0.121. The van der Waals surface area contributed by atoms with Crippen molar-refractivity contribution in [2.24, 2.45) is 0 Å². The van der Waals surface area contributed by atoms with Crippen molar-refractivity contribution >= 4 is 11.6 Å². The number of hydrogen-bond acceptors (Lipinski definition) is 5. The maximum absolute atomic E-state index is 12.5. The zero-order valence-electron chi connectivity index (χ0n) is 15.8. The van der Waals surface area contributed by atoms with Crippen molar-refractivity contribution in [3.8, 4) is 6.07 Å². The van der Waals surface area contributed by atoms with Gasteiger partial charge in [0.05, 0.1) is 0 Å². The Bertz CT molecular complexity index is 999. The number of hydrogen-bond donors (Lipinski definition) is 1. The third kappa shape index (κ3) is 4.49. The summed E-state index contributed by atoms with van der Waals surface area (Å²) >= 11 is 0. The van der Waals surface area contributed by atoms with Gasteiger partial charge in [-0.2, -0.15) is 5.26 Å². The molecule has 1 N–H and O–H groups in total. The predicted octanol–water partition coefficient (Wildman–Crippen LogP) is 0.859. The fourth-order valence-electron chi connectivity index (χ4n) is 3.01. The summed E-state index contributed by atoms with van der Waals surface area (Å²) in [6.45, 7) is 0.802. The summed E-state index contributed by atoms with van der Waals surface area (Å²) in [5.74, 6) is -0.418. The number of anilines is 1. The van der Waals surface area contributed by atoms with Gasteiger partial charge in [0.2, 0.25) is 5.91 Å². The van der Waals surface area contributed by atoms with Gasteiger partial charge in [-0.15, -0.1) is 0 Å². The molecule has 3 rings (SSSR count). The standard InChI is InChI=1S/C20H23N5O3/c1-23(16-6-3-2-4-7-16)11-5-10-22-18(26)14-25-19(27)15(12-21)13-24(20(25)28)17-8-9-17/h2-4,6-7,13,17H,5,8-11,14H2,1H3,(H,22,26). The topological polar surface area (TPSA) is 100 Å². The molecule has 1 aliphatic rings. The predicted molar refractivity (Wildman–Crippen MR) is 105 cm³/mol. The molecule has 0 spiro atoms. The number of benzene rings is 1. The van der Waals surface area contributed by atoms with E-state index in [-0.39, 0.29) is 18.2 Å². The summed E-state index contributed by atoms with van der Waals surface area (Å²) in [5, 5.41) is 11.9. The van der Waals surface area contributed by atoms with E-state index in [1.807, 2.05) is 43.4 Å². The van der Waals surface area contributed by atoms with E-state index in [2.05, 4.69) is 10.2 Å². The molecule has 146 valence electrons. The first-order valence-corrected chi connectivity index (χ1v) is 9.30. The van der Waals surface area contributed by atoms with Crippen LogP contribution in [0.2, 0.25) is 0 Å². The first-order chi connectivity index (χ1) is 13.5. The highest BCUT2D eigenvalue weighted by Crippen LogP contribution is 2.33. The molecule has 28 heavy (non-hydrogen) atoms. The highest BCUT2D eigenvalue weighted by Gasteiger charge is 2.27. The minimum Gasteiger partial charge on any atom is -0.375 e. The van der Waals surface area contributed by atoms with Crippen LogP contribution in [0.1, 0.15) is 30.9 Å². The van der Waals surface area contributed by atoms with Crippen LogP contribution in [0.4, 0.5) is 5.69 Å². The lowest BCUT2D eigenvalue weighted by atomic mass is 10.3. The van der Waals surface area contributed by atoms with Gasteiger partial charge in [0.15, 0.2) is 0 Å². The van der Waals surface area contributed by atoms with E-state index >= 15 is 0 Å². The van der Waals surface area contributed by atoms with Gasteiger partial charge in [-0.1, -0.05) is 18.2 Å². The normalized spacial score (nSPS) is 13.0. The van der Waals surface area contributed by atoms with E-state index in [1.165, 1.54) is 10.8 Å². The van der Waals surface area contributed by atoms with Crippen LogP contribution in [-0.4, -0.2) is 35.2 Å². The van der Waals surface area contributed by atoms with Crippen molar-refractivity contribution in [2.75, 3.05) is 25.0 Å². The van der Waals surface area contributed by atoms with E-state index < -0.39 is 17.2 Å². The summed E-state index contributed by atoms with van der Waals surface area (Å²) in [5.41, 5.74) is -0.285. The lowest BCUT2D eigenvalue weighted by Gasteiger charge is -2.19. The molecule has 2 aromatic rings. The Labute approximate surface area is 162 Å². The van der Waals surface area contributed by atoms with Crippen LogP contribution in [0.3, 0.4) is 0 Å². The van der Waals surface area contributed by atoms with Crippen LogP contribution >= 0.6 is 0 Å². The third-order valence-corrected chi connectivity index (χ3v) is 4.75. The minimum absolute atomic E-state index is 0.0167. The van der Waals surface area contributed by atoms with Crippen molar-refractivity contribution in [1.82, 2.24) is 14.5 Å². The Kier molecular flexibility index (Phi) is 5.94. The minimum atomic E-state index is -0.719. The number of rotatable bonds is 8. The zero-order valence-corrected chi connectivity index (χ0v) is 15.8. The van der Waals surface area contributed by atoms with Crippen LogP contribution in [-0.2, 0) is 11.3 Å². The van der Waals surface area contributed by atoms with Crippen molar-refractivity contribution in [1.29, 1.82) is 5.26 Å². The van der Waals surface area contributed by atoms with Crippen molar-refractivity contribution in [3.05, 3.63) is 62.9 Å². The molecule has 1 aromatic carbocycles. The molecule has 0 atom stereocenters. The first-order valence-electron chi connectivity index (χ1n) is 9.30. The van der Waals surface area contributed by atoms with Gasteiger partial charge in [-0.05, 0) is 31.4 Å². The second-order valence-electron chi connectivity index (χ2n) is 6.93. The van der Waals surface area contributed by atoms with Gasteiger partial charge >= 0.3 is 5.69 Å². The van der Waals surface area contributed by atoms with Crippen LogP contribution in [0.25, 0.3) is 0 Å². The summed E-state index contributed by atoms with van der Waals surface area (Å²) < 4.78 is 2.24. The van der Waals surface area contributed by atoms with Crippen LogP contribution in [0.15, 0.2) is 46.1 Å². The Balaban J connectivity index is 1.57. The van der Waals surface area contributed by atoms with Gasteiger partial charge in [0, 0.05) is 38.1 Å². The summed E-state index contributed by atoms with van der Waals surface area (Å²) in [6.07, 6.45) is 3.70. The SMILES string of the molecule is CN(CCCNC(=O)Cn1c(=O)c(C#N)cn(C2CC2)c1=O)c1ccccc1. The van der Waals surface area contributed by atoms with E-state index in [0.29, 0.717) is 6.54 Å². The van der Waals surface area contributed by atoms with Crippen molar-refractivity contribution in [2.45, 2.75) is 31.8 Å². The second-order valence-corrected chi connectivity index (χ2v) is 6.93. The fourth-order valence-corrected chi connectivity index (χ4v) is 3.01. The molecular formula is C20H23N5O3. The average molecular weight is 381 g/mol. The third-order valence-electron chi connectivity index (χ3n) is 4.75. The lowest BCUT2D eigenvalue weighted by Crippen LogP contribution is -2.44. The van der Waals surface area contributed by atoms with E-state index in [1.54, 1.807) is 0 Å².